The molecule has 7 aliphatic carbocycles. The predicted molar refractivity (Wildman–Crippen MR) is 538 cm³/mol. The van der Waals surface area contributed by atoms with Gasteiger partial charge in [-0.05, 0) is 160 Å². The molecule has 16 N–H and O–H groups in total. The first kappa shape index (κ1) is 114. The van der Waals surface area contributed by atoms with Gasteiger partial charge >= 0.3 is 18.1 Å². The monoisotopic (exact) mass is 2100 g/mol. The molecule has 3 unspecified atom stereocenters. The van der Waals surface area contributed by atoms with Gasteiger partial charge in [0.05, 0.1) is 28.6 Å². The van der Waals surface area contributed by atoms with Gasteiger partial charge in [0.15, 0.2) is 0 Å². The minimum Gasteiger partial charge on any atom is -0.363 e. The Morgan fingerprint density at radius 2 is 0.799 bits per heavy atom. The van der Waals surface area contributed by atoms with Crippen LogP contribution in [0.4, 0.5) is 14.4 Å². The van der Waals surface area contributed by atoms with E-state index in [1.807, 2.05) is 145 Å². The highest BCUT2D eigenvalue weighted by atomic mass is 32.2. The summed E-state index contributed by atoms with van der Waals surface area (Å²) in [6, 6.07) is -10.4. The standard InChI is InChI=1S/C34H59N7O7S.C34H50N6O7S2.C31H53N7O7S/c1-19(2)41-15-14-39(49(41,47)48)18-23(32(3,4)5)37-31(46)38-27(33(6,7)8)30(45)40-17-21-24(34(21,9)10)25(40)29(44)36-22(26(42)28(35)43)16-20-12-11-13-20;1-32(2,3)27(37-31(45)38-34(12-7-6-8-13-34)18-39-17-22-23(11-14-48-22)49(39,46)47)30(44)40-16-20-24(33(20,4)5)25(40)29(43)36-21(15-19-9-10-19)26(41)28(35)42;1-29(2,3)20(16-37-13-9-12-33-46(37,44)45)35-28(43)36-24(30(4,5)6)27(42)38-15-18-21(31(18,7)8)22(38)26(41)34-19(14-17-10-11-17)23(39)25(32)40/h19-25,27H,11-18H2,1-10H3,(H2,35,43)(H,36,44)(H2,37,38,46);11,14,19-21,24-25,27H,6-10,12-13,15-18H2,1-5H3,(H2,35,42)(H,36,43)(H2,37,38,45);17-22,24,33H,9-16H2,1-8H3,(H2,32,40)(H,34,41)(H2,35,36,43)/t21-,22?,23+,24-,25-,27+;20-,21?,24-,25-,27+;18-,19?,20+,21-,22-,24+/m000/s1. The number of hydrogen-bond donors (Lipinski definition) is 13. The molecule has 0 bridgehead atoms. The number of urea groups is 3. The molecule has 7 saturated carbocycles. The number of amides is 15. The third kappa shape index (κ3) is 25.2. The zero-order valence-corrected chi connectivity index (χ0v) is 91.7. The molecule has 13 aliphatic rings. The van der Waals surface area contributed by atoms with Crippen LogP contribution >= 0.6 is 11.3 Å². The second-order valence-electron chi connectivity index (χ2n) is 50.5. The molecule has 45 heteroatoms. The summed E-state index contributed by atoms with van der Waals surface area (Å²) in [5.41, 5.74) is 11.2. The van der Waals surface area contributed by atoms with E-state index in [2.05, 4.69) is 66.4 Å². The van der Waals surface area contributed by atoms with Crippen molar-refractivity contribution in [3.05, 3.63) is 16.3 Å². The van der Waals surface area contributed by atoms with Crippen LogP contribution in [0.2, 0.25) is 0 Å². The largest absolute Gasteiger partial charge is 0.363 e. The van der Waals surface area contributed by atoms with Crippen molar-refractivity contribution in [3.8, 4) is 0 Å². The van der Waals surface area contributed by atoms with Crippen molar-refractivity contribution >= 4 is 130 Å². The second kappa shape index (κ2) is 42.1. The molecule has 1 aromatic heterocycles. The lowest BCUT2D eigenvalue weighted by Crippen LogP contribution is -2.64. The smallest absolute Gasteiger partial charge is 0.315 e. The van der Waals surface area contributed by atoms with Crippen LogP contribution in [0, 0.1) is 96.6 Å². The van der Waals surface area contributed by atoms with Crippen LogP contribution in [0.3, 0.4) is 0 Å². The number of ketones is 3. The number of carbonyl (C=O) groups excluding carboxylic acids is 15. The van der Waals surface area contributed by atoms with Gasteiger partial charge in [0, 0.05) is 95.0 Å². The molecule has 15 amide bonds. The van der Waals surface area contributed by atoms with Crippen molar-refractivity contribution in [3.63, 3.8) is 0 Å². The van der Waals surface area contributed by atoms with Gasteiger partial charge in [0.25, 0.3) is 38.1 Å². The predicted octanol–water partition coefficient (Wildman–Crippen LogP) is 4.57. The number of likely N-dealkylation sites (tertiary alicyclic amines) is 3. The van der Waals surface area contributed by atoms with Gasteiger partial charge in [-0.15, -0.1) is 11.3 Å². The number of piperidine rings is 3. The Labute approximate surface area is 853 Å². The van der Waals surface area contributed by atoms with Crippen LogP contribution < -0.4 is 69.8 Å². The van der Waals surface area contributed by atoms with Gasteiger partial charge in [-0.2, -0.15) is 34.1 Å². The first-order valence-electron chi connectivity index (χ1n) is 51.4. The van der Waals surface area contributed by atoms with Crippen molar-refractivity contribution in [1.82, 2.24) is 84.5 Å². The molecule has 7 heterocycles. The fraction of sp³-hybridized carbons (Fsp3) is 0.808. The average molecular weight is 2100 g/mol. The molecule has 41 nitrogen and oxygen atoms in total. The van der Waals surface area contributed by atoms with E-state index in [1.54, 1.807) is 11.4 Å². The Morgan fingerprint density at radius 3 is 1.11 bits per heavy atom. The van der Waals surface area contributed by atoms with Crippen molar-refractivity contribution in [2.75, 3.05) is 65.4 Å². The van der Waals surface area contributed by atoms with E-state index in [0.717, 1.165) is 69.1 Å². The number of Topliss-reactive ketones (excluding diaryl/α,β-unsaturated/α-hetero) is 3. The summed E-state index contributed by atoms with van der Waals surface area (Å²) < 4.78 is 86.4. The number of primary amides is 3. The van der Waals surface area contributed by atoms with Crippen molar-refractivity contribution in [2.24, 2.45) is 114 Å². The maximum Gasteiger partial charge on any atom is 0.315 e. The molecule has 808 valence electrons. The maximum absolute atomic E-state index is 14.4. The van der Waals surface area contributed by atoms with Crippen LogP contribution in [-0.2, 0) is 94.5 Å². The minimum atomic E-state index is -3.69. The highest BCUT2D eigenvalue weighted by Crippen LogP contribution is 2.67. The normalized spacial score (nSPS) is 27.4. The van der Waals surface area contributed by atoms with Crippen LogP contribution in [0.5, 0.6) is 0 Å². The molecule has 0 spiro atoms. The van der Waals surface area contributed by atoms with E-state index < -0.39 is 218 Å². The molecule has 5 saturated heterocycles. The summed E-state index contributed by atoms with van der Waals surface area (Å²) in [6.07, 6.45) is 12.0. The maximum atomic E-state index is 14.4. The zero-order chi connectivity index (χ0) is 107. The van der Waals surface area contributed by atoms with Gasteiger partial charge in [0.1, 0.15) is 36.3 Å². The topological polar surface area (TPSA) is 580 Å². The molecule has 1 aromatic rings. The number of fused-ring (bicyclic) bond motifs is 4. The quantitative estimate of drug-likeness (QED) is 0.0420. The fourth-order valence-corrected chi connectivity index (χ4v) is 29.2. The number of nitrogens with two attached hydrogens (primary N) is 3. The number of rotatable bonds is 34. The van der Waals surface area contributed by atoms with Gasteiger partial charge in [-0.25, -0.2) is 27.5 Å². The summed E-state index contributed by atoms with van der Waals surface area (Å²) in [7, 11) is -11.0. The van der Waals surface area contributed by atoms with Crippen LogP contribution in [0.15, 0.2) is 16.3 Å². The van der Waals surface area contributed by atoms with E-state index in [4.69, 9.17) is 17.2 Å². The fourth-order valence-electron chi connectivity index (χ4n) is 23.1. The molecule has 144 heavy (non-hydrogen) atoms. The number of hydrogen-bond acceptors (Lipinski definition) is 22. The third-order valence-corrected chi connectivity index (χ3v) is 39.8. The van der Waals surface area contributed by atoms with E-state index in [-0.39, 0.29) is 102 Å². The summed E-state index contributed by atoms with van der Waals surface area (Å²) in [5.74, 6) is -8.23. The molecule has 0 aromatic carbocycles. The number of nitrogens with one attached hydrogen (secondary N) is 10. The average Bonchev–Trinajstić information content (AvgIpc) is 1.53. The van der Waals surface area contributed by atoms with Crippen molar-refractivity contribution < 1.29 is 97.2 Å². The summed E-state index contributed by atoms with van der Waals surface area (Å²) in [4.78, 5) is 205. The molecule has 12 fully saturated rings. The Balaban J connectivity index is 0.000000193. The highest BCUT2D eigenvalue weighted by Gasteiger charge is 2.73. The van der Waals surface area contributed by atoms with E-state index >= 15 is 0 Å². The molecular weight excluding hydrogens is 1930 g/mol. The summed E-state index contributed by atoms with van der Waals surface area (Å²) >= 11 is 1.41. The van der Waals surface area contributed by atoms with Crippen molar-refractivity contribution in [1.29, 1.82) is 0 Å². The third-order valence-electron chi connectivity index (χ3n) is 33.2. The molecule has 14 rings (SSSR count). The Morgan fingerprint density at radius 1 is 0.438 bits per heavy atom. The van der Waals surface area contributed by atoms with Crippen LogP contribution in [0.1, 0.15) is 267 Å². The number of sulfonamides is 1. The van der Waals surface area contributed by atoms with Gasteiger partial charge in [0.2, 0.25) is 62.8 Å². The molecular formula is C99H162N20O21S4. The second-order valence-corrected chi connectivity index (χ2v) is 57.0. The van der Waals surface area contributed by atoms with E-state index in [0.29, 0.717) is 89.2 Å². The molecule has 17 atom stereocenters. The number of carbonyl (C=O) groups is 15. The van der Waals surface area contributed by atoms with E-state index in [9.17, 15) is 97.2 Å². The number of thiophene rings is 1. The Hall–Kier alpha value is -8.60. The van der Waals surface area contributed by atoms with Gasteiger partial charge in [-0.3, -0.25) is 57.5 Å². The van der Waals surface area contributed by atoms with Crippen LogP contribution in [-0.4, -0.2) is 289 Å². The first-order chi connectivity index (χ1) is 66.3. The SMILES string of the molecule is CC(C)(C)[C@H](NC(=O)NC1(CN2Cc3sccc3S2(=O)=O)CCCCC1)C(=O)N1C[C@H]2[C@@H]([C@H]1C(=O)NC(CC1CC1)C(=O)C(N)=O)C2(C)C.CC(C)(C)[C@H](NC(=O)N[C@H](CN1CCCNS1(=O)=O)C(C)(C)C)C(=O)N1C[C@H]2[C@@H]([C@H]1C(=O)NC(CC1CC1)C(=O)C(N)=O)C2(C)C.CC(C)N1CCN(C[C@@H](NC(=O)N[C@H](C(=O)N2C[C@H]3[C@@H]([C@H]2C(=O)NC(CC2CCC2)C(=O)C(N)=O)C3(C)C)C(C)(C)C)C(C)(C)C)S1(=O)=O. The highest BCUT2D eigenvalue weighted by molar-refractivity contribution is 7.89. The Kier molecular flexibility index (Phi) is 33.3. The van der Waals surface area contributed by atoms with Crippen LogP contribution in [0.25, 0.3) is 0 Å². The first-order valence-corrected chi connectivity index (χ1v) is 56.6. The zero-order valence-electron chi connectivity index (χ0n) is 88.4. The molecule has 0 radical (unpaired) electrons. The lowest BCUT2D eigenvalue weighted by atomic mass is 9.80. The molecule has 6 aliphatic heterocycles. The summed E-state index contributed by atoms with van der Waals surface area (Å²) in [6.45, 7) is 46.6. The van der Waals surface area contributed by atoms with Gasteiger partial charge in [-0.1, -0.05) is 210 Å². The van der Waals surface area contributed by atoms with E-state index in [1.165, 1.54) is 43.3 Å². The van der Waals surface area contributed by atoms with Gasteiger partial charge < -0.3 is 79.8 Å². The number of nitrogens with zero attached hydrogens (tertiary/aromatic N) is 7. The minimum absolute atomic E-state index is 0.0525. The lowest BCUT2D eigenvalue weighted by Gasteiger charge is -2.42. The lowest BCUT2D eigenvalue weighted by molar-refractivity contribution is -0.145. The Bertz CT molecular complexity index is 5460. The summed E-state index contributed by atoms with van der Waals surface area (Å²) in [5, 5.41) is 27.7. The van der Waals surface area contributed by atoms with Crippen molar-refractivity contribution in [2.45, 2.75) is 351 Å².